The van der Waals surface area contributed by atoms with E-state index in [9.17, 15) is 8.78 Å². The lowest BCUT2D eigenvalue weighted by Crippen LogP contribution is -2.35. The SMILES string of the molecule is CCOC1CCC(C2CCC3CC(c4ccc(F)c(F)c4)CCC3C2)CC1. The van der Waals surface area contributed by atoms with Crippen molar-refractivity contribution in [1.29, 1.82) is 0 Å². The number of hydrogen-bond donors (Lipinski definition) is 0. The lowest BCUT2D eigenvalue weighted by molar-refractivity contribution is 0.00583. The van der Waals surface area contributed by atoms with Gasteiger partial charge in [-0.15, -0.1) is 0 Å². The van der Waals surface area contributed by atoms with E-state index in [2.05, 4.69) is 6.92 Å². The van der Waals surface area contributed by atoms with Crippen molar-refractivity contribution in [2.45, 2.75) is 83.2 Å². The summed E-state index contributed by atoms with van der Waals surface area (Å²) >= 11 is 0. The Kier molecular flexibility index (Phi) is 6.16. The minimum atomic E-state index is -0.730. The van der Waals surface area contributed by atoms with Crippen LogP contribution in [0.4, 0.5) is 8.78 Å². The van der Waals surface area contributed by atoms with Crippen LogP contribution in [0.1, 0.15) is 82.6 Å². The smallest absolute Gasteiger partial charge is 0.159 e. The van der Waals surface area contributed by atoms with Gasteiger partial charge in [0, 0.05) is 6.61 Å². The summed E-state index contributed by atoms with van der Waals surface area (Å²) in [5.41, 5.74) is 1.00. The number of fused-ring (bicyclic) bond motifs is 1. The number of rotatable bonds is 4. The van der Waals surface area contributed by atoms with Gasteiger partial charge in [0.1, 0.15) is 0 Å². The molecule has 1 aromatic carbocycles. The molecule has 0 bridgehead atoms. The molecule has 3 aliphatic rings. The summed E-state index contributed by atoms with van der Waals surface area (Å²) in [6.45, 7) is 2.95. The van der Waals surface area contributed by atoms with Crippen LogP contribution in [0.25, 0.3) is 0 Å². The van der Waals surface area contributed by atoms with Gasteiger partial charge in [0.25, 0.3) is 0 Å². The van der Waals surface area contributed by atoms with Crippen LogP contribution in [0.2, 0.25) is 0 Å². The molecule has 27 heavy (non-hydrogen) atoms. The number of halogens is 2. The normalized spacial score (nSPS) is 37.0. The molecule has 4 rings (SSSR count). The molecule has 0 aliphatic heterocycles. The molecule has 0 heterocycles. The van der Waals surface area contributed by atoms with Crippen LogP contribution in [0.3, 0.4) is 0 Å². The zero-order valence-corrected chi connectivity index (χ0v) is 16.6. The molecule has 4 atom stereocenters. The van der Waals surface area contributed by atoms with Crippen molar-refractivity contribution in [2.75, 3.05) is 6.61 Å². The monoisotopic (exact) mass is 376 g/mol. The number of benzene rings is 1. The second kappa shape index (κ2) is 8.59. The Morgan fingerprint density at radius 2 is 1.41 bits per heavy atom. The van der Waals surface area contributed by atoms with E-state index in [-0.39, 0.29) is 0 Å². The summed E-state index contributed by atoms with van der Waals surface area (Å²) in [5, 5.41) is 0. The third-order valence-corrected chi connectivity index (χ3v) is 7.86. The fourth-order valence-corrected chi connectivity index (χ4v) is 6.39. The van der Waals surface area contributed by atoms with Gasteiger partial charge in [-0.1, -0.05) is 6.07 Å². The van der Waals surface area contributed by atoms with Crippen molar-refractivity contribution in [3.05, 3.63) is 35.4 Å². The summed E-state index contributed by atoms with van der Waals surface area (Å²) < 4.78 is 32.7. The zero-order valence-electron chi connectivity index (χ0n) is 16.6. The maximum atomic E-state index is 13.6. The van der Waals surface area contributed by atoms with Gasteiger partial charge >= 0.3 is 0 Å². The van der Waals surface area contributed by atoms with E-state index in [4.69, 9.17) is 4.74 Å². The Morgan fingerprint density at radius 3 is 2.11 bits per heavy atom. The molecular formula is C24H34F2O. The summed E-state index contributed by atoms with van der Waals surface area (Å²) in [6, 6.07) is 4.53. The van der Waals surface area contributed by atoms with Gasteiger partial charge in [-0.25, -0.2) is 8.78 Å². The van der Waals surface area contributed by atoms with Gasteiger partial charge in [0.15, 0.2) is 11.6 Å². The highest BCUT2D eigenvalue weighted by Crippen LogP contribution is 2.50. The minimum Gasteiger partial charge on any atom is -0.379 e. The summed E-state index contributed by atoms with van der Waals surface area (Å²) in [5.74, 6) is 2.45. The quantitative estimate of drug-likeness (QED) is 0.558. The third kappa shape index (κ3) is 4.39. The molecule has 0 radical (unpaired) electrons. The maximum absolute atomic E-state index is 13.6. The van der Waals surface area contributed by atoms with Gasteiger partial charge < -0.3 is 4.74 Å². The predicted octanol–water partition coefficient (Wildman–Crippen LogP) is 6.86. The molecule has 3 heteroatoms. The first kappa shape index (κ1) is 19.4. The molecule has 0 spiro atoms. The van der Waals surface area contributed by atoms with Crippen molar-refractivity contribution in [2.24, 2.45) is 23.7 Å². The van der Waals surface area contributed by atoms with Crippen molar-refractivity contribution in [3.63, 3.8) is 0 Å². The van der Waals surface area contributed by atoms with E-state index in [1.807, 2.05) is 0 Å². The number of ether oxygens (including phenoxy) is 1. The molecule has 3 fully saturated rings. The zero-order chi connectivity index (χ0) is 18.8. The van der Waals surface area contributed by atoms with Crippen LogP contribution in [0, 0.1) is 35.3 Å². The molecule has 3 saturated carbocycles. The first-order valence-electron chi connectivity index (χ1n) is 11.2. The Hall–Kier alpha value is -0.960. The second-order valence-electron chi connectivity index (χ2n) is 9.27. The first-order chi connectivity index (χ1) is 13.1. The average molecular weight is 377 g/mol. The van der Waals surface area contributed by atoms with Crippen molar-refractivity contribution >= 4 is 0 Å². The van der Waals surface area contributed by atoms with Gasteiger partial charge in [-0.3, -0.25) is 0 Å². The molecule has 4 unspecified atom stereocenters. The predicted molar refractivity (Wildman–Crippen MR) is 105 cm³/mol. The topological polar surface area (TPSA) is 9.23 Å². The lowest BCUT2D eigenvalue weighted by atomic mass is 9.60. The largest absolute Gasteiger partial charge is 0.379 e. The Labute approximate surface area is 162 Å². The summed E-state index contributed by atoms with van der Waals surface area (Å²) in [7, 11) is 0. The van der Waals surface area contributed by atoms with Crippen molar-refractivity contribution in [1.82, 2.24) is 0 Å². The summed E-state index contributed by atoms with van der Waals surface area (Å²) in [4.78, 5) is 0. The standard InChI is InChI=1S/C24H34F2O/c1-2-27-22-10-7-16(8-11-22)17-3-4-19-14-20(6-5-18(19)13-17)21-9-12-23(25)24(26)15-21/h9,12,15-20,22H,2-8,10-11,13-14H2,1H3. The van der Waals surface area contributed by atoms with Gasteiger partial charge in [0.05, 0.1) is 6.10 Å². The van der Waals surface area contributed by atoms with Crippen LogP contribution < -0.4 is 0 Å². The fraction of sp³-hybridized carbons (Fsp3) is 0.750. The van der Waals surface area contributed by atoms with Gasteiger partial charge in [-0.2, -0.15) is 0 Å². The molecule has 0 N–H and O–H groups in total. The number of hydrogen-bond acceptors (Lipinski definition) is 1. The summed E-state index contributed by atoms with van der Waals surface area (Å²) in [6.07, 6.45) is 13.4. The molecular weight excluding hydrogens is 342 g/mol. The van der Waals surface area contributed by atoms with E-state index < -0.39 is 11.6 Å². The first-order valence-corrected chi connectivity index (χ1v) is 11.2. The maximum Gasteiger partial charge on any atom is 0.159 e. The highest BCUT2D eigenvalue weighted by atomic mass is 19.2. The van der Waals surface area contributed by atoms with Crippen LogP contribution >= 0.6 is 0 Å². The van der Waals surface area contributed by atoms with Crippen LogP contribution in [0.5, 0.6) is 0 Å². The van der Waals surface area contributed by atoms with E-state index in [1.54, 1.807) is 6.07 Å². The Balaban J connectivity index is 1.31. The lowest BCUT2D eigenvalue weighted by Gasteiger charge is -2.45. The molecule has 0 aromatic heterocycles. The fourth-order valence-electron chi connectivity index (χ4n) is 6.39. The molecule has 1 aromatic rings. The molecule has 3 aliphatic carbocycles. The highest BCUT2D eigenvalue weighted by molar-refractivity contribution is 5.22. The average Bonchev–Trinajstić information content (AvgIpc) is 2.70. The van der Waals surface area contributed by atoms with E-state index in [1.165, 1.54) is 69.9 Å². The van der Waals surface area contributed by atoms with Gasteiger partial charge in [-0.05, 0) is 118 Å². The molecule has 1 nitrogen and oxygen atoms in total. The molecule has 150 valence electrons. The van der Waals surface area contributed by atoms with E-state index >= 15 is 0 Å². The Morgan fingerprint density at radius 1 is 0.778 bits per heavy atom. The second-order valence-corrected chi connectivity index (χ2v) is 9.27. The van der Waals surface area contributed by atoms with Crippen molar-refractivity contribution < 1.29 is 13.5 Å². The van der Waals surface area contributed by atoms with Crippen LogP contribution in [0.15, 0.2) is 18.2 Å². The Bertz CT molecular complexity index is 623. The van der Waals surface area contributed by atoms with E-state index in [0.717, 1.165) is 42.3 Å². The van der Waals surface area contributed by atoms with Crippen molar-refractivity contribution in [3.8, 4) is 0 Å². The molecule has 0 saturated heterocycles. The molecule has 0 amide bonds. The highest BCUT2D eigenvalue weighted by Gasteiger charge is 2.39. The van der Waals surface area contributed by atoms with E-state index in [0.29, 0.717) is 12.0 Å². The van der Waals surface area contributed by atoms with Crippen LogP contribution in [-0.2, 0) is 4.74 Å². The minimum absolute atomic E-state index is 0.416. The van der Waals surface area contributed by atoms with Gasteiger partial charge in [0.2, 0.25) is 0 Å². The van der Waals surface area contributed by atoms with Crippen LogP contribution in [-0.4, -0.2) is 12.7 Å². The third-order valence-electron chi connectivity index (χ3n) is 7.86.